The molecule has 16 nitrogen and oxygen atoms in total. The molecule has 3 aromatic heterocycles. The molecule has 5 amide bonds. The Morgan fingerprint density at radius 1 is 1.08 bits per heavy atom. The fourth-order valence-corrected chi connectivity index (χ4v) is 11.8. The normalized spacial score (nSPS) is 22.5. The van der Waals surface area contributed by atoms with Crippen LogP contribution >= 0.6 is 11.3 Å². The molecule has 0 saturated carbocycles. The number of hydrogen-bond acceptors (Lipinski definition) is 11. The molecule has 0 radical (unpaired) electrons. The van der Waals surface area contributed by atoms with Crippen LogP contribution < -0.4 is 10.7 Å². The number of hydrogen-bond donors (Lipinski definition) is 2. The molecule has 2 N–H and O–H groups in total. The summed E-state index contributed by atoms with van der Waals surface area (Å²) in [5.41, 5.74) is 5.39. The van der Waals surface area contributed by atoms with Crippen molar-refractivity contribution in [2.75, 3.05) is 46.9 Å². The van der Waals surface area contributed by atoms with Gasteiger partial charge in [-0.25, -0.2) is 24.0 Å². The number of cyclic esters (lactones) is 1. The highest BCUT2D eigenvalue weighted by Gasteiger charge is 2.45. The summed E-state index contributed by atoms with van der Waals surface area (Å²) in [7, 11) is 3.01. The quantitative estimate of drug-likeness (QED) is 0.0918. The highest BCUT2D eigenvalue weighted by atomic mass is 32.1. The summed E-state index contributed by atoms with van der Waals surface area (Å²) in [6, 6.07) is 4.40. The highest BCUT2D eigenvalue weighted by Crippen LogP contribution is 2.43. The number of urea groups is 1. The second-order valence-corrected chi connectivity index (χ2v) is 21.9. The zero-order valence-electron chi connectivity index (χ0n) is 42.6. The topological polar surface area (TPSA) is 172 Å². The number of likely N-dealkylation sites (tertiary alicyclic amines) is 2. The number of thiazole rings is 1. The van der Waals surface area contributed by atoms with Gasteiger partial charge in [-0.3, -0.25) is 29.2 Å². The molecule has 0 spiro atoms. The van der Waals surface area contributed by atoms with E-state index in [0.717, 1.165) is 12.5 Å². The number of likely N-dealkylation sites (N-methyl/N-ethyl adjacent to an activating group) is 1. The predicted molar refractivity (Wildman–Crippen MR) is 266 cm³/mol. The van der Waals surface area contributed by atoms with Crippen molar-refractivity contribution in [2.45, 2.75) is 123 Å². The number of rotatable bonds is 10. The van der Waals surface area contributed by atoms with Crippen molar-refractivity contribution in [1.29, 1.82) is 0 Å². The number of amides is 5. The van der Waals surface area contributed by atoms with Crippen LogP contribution in [0.25, 0.3) is 33.4 Å². The summed E-state index contributed by atoms with van der Waals surface area (Å²) in [4.78, 5) is 84.5. The van der Waals surface area contributed by atoms with Crippen LogP contribution in [0.3, 0.4) is 0 Å². The molecule has 3 saturated heterocycles. The van der Waals surface area contributed by atoms with E-state index >= 15 is 0 Å². The van der Waals surface area contributed by atoms with Crippen molar-refractivity contribution in [2.24, 2.45) is 17.3 Å². The molecule has 0 aliphatic carbocycles. The number of hydrazine groups is 1. The van der Waals surface area contributed by atoms with Gasteiger partial charge in [-0.2, -0.15) is 13.2 Å². The van der Waals surface area contributed by atoms with Gasteiger partial charge in [0.1, 0.15) is 24.7 Å². The zero-order valence-corrected chi connectivity index (χ0v) is 43.4. The maximum Gasteiger partial charge on any atom is 0.406 e. The third-order valence-electron chi connectivity index (χ3n) is 14.5. The number of carbonyl (C=O) groups excluding carboxylic acids is 5. The number of allylic oxidation sites excluding steroid dienone is 1. The summed E-state index contributed by atoms with van der Waals surface area (Å²) in [5, 5.41) is 7.00. The molecular formula is C52H64F5N9O7S. The molecule has 6 atom stereocenters. The van der Waals surface area contributed by atoms with Crippen molar-refractivity contribution >= 4 is 52.0 Å². The standard InChI is InChI=1S/C52H64F5N9O7S/c1-29(2)45(62(6)50(71)63-24-32-11-9-19-64(40(32)25-63)43(67)17-16-41(53)54)47(68)60-37-22-42-59-38(26-74-42)31-14-15-39-34(21-31)35(23-51(4,5)28-73-49(70)36-13-10-20-66(61-36)48(37)69)46(65(39)27-52(55,56)57)33-12-8-18-58-44(33)30(3)72-7/h8,12,14-18,21,26,29-30,32,36-37,40-41,45,61H,9-11,13,19-20,22-25,27-28H2,1-7H3,(H,60,68)/b17-16+/t30-,32-,36-,37-,40+,45?/m0/s1. The van der Waals surface area contributed by atoms with Crippen molar-refractivity contribution in [3.63, 3.8) is 0 Å². The van der Waals surface area contributed by atoms with E-state index in [1.165, 1.54) is 44.9 Å². The molecule has 1 unspecified atom stereocenters. The molecular weight excluding hydrogens is 990 g/mol. The van der Waals surface area contributed by atoms with Gasteiger partial charge in [-0.1, -0.05) is 33.8 Å². The lowest BCUT2D eigenvalue weighted by Crippen LogP contribution is -2.62. The zero-order chi connectivity index (χ0) is 53.4. The number of methoxy groups -OCH3 is 1. The van der Waals surface area contributed by atoms with E-state index in [1.807, 2.05) is 13.8 Å². The minimum absolute atomic E-state index is 0.0871. The van der Waals surface area contributed by atoms with Crippen LogP contribution in [-0.4, -0.2) is 148 Å². The van der Waals surface area contributed by atoms with Crippen LogP contribution in [0, 0.1) is 17.3 Å². The fourth-order valence-electron chi connectivity index (χ4n) is 11.0. The molecule has 400 valence electrons. The molecule has 4 aliphatic rings. The summed E-state index contributed by atoms with van der Waals surface area (Å²) in [5.74, 6) is -2.90. The third-order valence-corrected chi connectivity index (χ3v) is 15.4. The van der Waals surface area contributed by atoms with E-state index in [9.17, 15) is 45.9 Å². The van der Waals surface area contributed by atoms with E-state index in [2.05, 4.69) is 15.7 Å². The summed E-state index contributed by atoms with van der Waals surface area (Å²) >= 11 is 1.23. The number of nitrogens with zero attached hydrogens (tertiary/aromatic N) is 7. The number of esters is 1. The first kappa shape index (κ1) is 54.3. The number of fused-ring (bicyclic) bond motifs is 7. The minimum Gasteiger partial charge on any atom is -0.464 e. The molecule has 74 heavy (non-hydrogen) atoms. The lowest BCUT2D eigenvalue weighted by molar-refractivity contribution is -0.155. The lowest BCUT2D eigenvalue weighted by Gasteiger charge is -2.37. The van der Waals surface area contributed by atoms with Gasteiger partial charge in [0.25, 0.3) is 12.3 Å². The van der Waals surface area contributed by atoms with Gasteiger partial charge in [0.05, 0.1) is 40.8 Å². The molecule has 1 aromatic carbocycles. The molecule has 3 fully saturated rings. The minimum atomic E-state index is -4.62. The Labute approximate surface area is 430 Å². The summed E-state index contributed by atoms with van der Waals surface area (Å²) in [6.45, 7) is 8.64. The number of pyridine rings is 1. The van der Waals surface area contributed by atoms with Crippen molar-refractivity contribution in [1.82, 2.24) is 45.0 Å². The number of nitrogens with one attached hydrogen (secondary N) is 2. The van der Waals surface area contributed by atoms with Gasteiger partial charge < -0.3 is 34.1 Å². The number of carbonyl (C=O) groups is 5. The Morgan fingerprint density at radius 3 is 2.55 bits per heavy atom. The monoisotopic (exact) mass is 1050 g/mol. The highest BCUT2D eigenvalue weighted by molar-refractivity contribution is 7.10. The number of ether oxygens (including phenoxy) is 2. The maximum atomic E-state index is 14.7. The Balaban J connectivity index is 1.14. The number of halogens is 5. The fraction of sp³-hybridized carbons (Fsp3) is 0.558. The Bertz CT molecular complexity index is 2780. The second kappa shape index (κ2) is 22.1. The summed E-state index contributed by atoms with van der Waals surface area (Å²) < 4.78 is 82.9. The van der Waals surface area contributed by atoms with Gasteiger partial charge in [0, 0.05) is 91.9 Å². The average Bonchev–Trinajstić information content (AvgIpc) is 4.09. The molecule has 22 heteroatoms. The van der Waals surface area contributed by atoms with E-state index in [-0.39, 0.29) is 44.5 Å². The van der Waals surface area contributed by atoms with Crippen LogP contribution in [0.2, 0.25) is 0 Å². The molecule has 4 aromatic rings. The molecule has 8 rings (SSSR count). The van der Waals surface area contributed by atoms with Gasteiger partial charge in [-0.05, 0) is 86.8 Å². The van der Waals surface area contributed by atoms with Crippen molar-refractivity contribution in [3.05, 3.63) is 70.3 Å². The Morgan fingerprint density at radius 2 is 1.84 bits per heavy atom. The Kier molecular flexibility index (Phi) is 16.2. The van der Waals surface area contributed by atoms with Crippen LogP contribution in [0.4, 0.5) is 26.7 Å². The van der Waals surface area contributed by atoms with E-state index < -0.39 is 84.4 Å². The third kappa shape index (κ3) is 11.8. The smallest absolute Gasteiger partial charge is 0.406 e. The second-order valence-electron chi connectivity index (χ2n) is 20.9. The first-order chi connectivity index (χ1) is 35.0. The molecule has 4 aliphatic heterocycles. The molecule has 7 heterocycles. The van der Waals surface area contributed by atoms with E-state index in [1.54, 1.807) is 67.6 Å². The number of benzene rings is 1. The first-order valence-electron chi connectivity index (χ1n) is 25.0. The van der Waals surface area contributed by atoms with Gasteiger partial charge in [0.2, 0.25) is 11.8 Å². The van der Waals surface area contributed by atoms with E-state index in [0.29, 0.717) is 88.1 Å². The van der Waals surface area contributed by atoms with Crippen LogP contribution in [0.1, 0.15) is 82.7 Å². The van der Waals surface area contributed by atoms with Crippen LogP contribution in [0.5, 0.6) is 0 Å². The summed E-state index contributed by atoms with van der Waals surface area (Å²) in [6.07, 6.45) is -2.79. The SMILES string of the molecule is CO[C@@H](C)c1ncccc1-c1c2c3cc(ccc3n1CC(F)(F)F)-c1csc(n1)C[C@H](NC(=O)C(C(C)C)N(C)C(=O)N1C[C@@H]3CCCN(C(=O)/C=C/C(F)F)[C@@H]3C1)C(=O)N1CCC[C@H](N1)C(=O)OCC(C)(C)C2. The predicted octanol–water partition coefficient (Wildman–Crippen LogP) is 7.57. The maximum absolute atomic E-state index is 14.7. The van der Waals surface area contributed by atoms with Gasteiger partial charge in [0.15, 0.2) is 0 Å². The van der Waals surface area contributed by atoms with Gasteiger partial charge in [-0.15, -0.1) is 11.3 Å². The lowest BCUT2D eigenvalue weighted by atomic mass is 9.84. The largest absolute Gasteiger partial charge is 0.464 e. The van der Waals surface area contributed by atoms with E-state index in [4.69, 9.17) is 14.5 Å². The number of aromatic nitrogens is 3. The Hall–Kier alpha value is -6.00. The van der Waals surface area contributed by atoms with Crippen LogP contribution in [0.15, 0.2) is 54.1 Å². The van der Waals surface area contributed by atoms with Crippen molar-refractivity contribution in [3.8, 4) is 22.5 Å². The number of piperidine rings is 1. The first-order valence-corrected chi connectivity index (χ1v) is 25.9. The molecule has 6 bridgehead atoms. The average molecular weight is 1050 g/mol. The number of alkyl halides is 5. The van der Waals surface area contributed by atoms with Gasteiger partial charge >= 0.3 is 18.2 Å². The van der Waals surface area contributed by atoms with Crippen molar-refractivity contribution < 1.29 is 55.4 Å². The van der Waals surface area contributed by atoms with Crippen LogP contribution in [-0.2, 0) is 48.0 Å².